The van der Waals surface area contributed by atoms with E-state index in [1.54, 1.807) is 0 Å². The Labute approximate surface area is 177 Å². The number of carbonyl (C=O) groups excluding carboxylic acids is 2. The summed E-state index contributed by atoms with van der Waals surface area (Å²) in [6, 6.07) is 0. The summed E-state index contributed by atoms with van der Waals surface area (Å²) in [5.74, 6) is 3.90. The molecule has 0 heterocycles. The lowest BCUT2D eigenvalue weighted by Crippen LogP contribution is -2.57. The molecular formula is C26H42O3. The van der Waals surface area contributed by atoms with Gasteiger partial charge in [0.1, 0.15) is 11.6 Å². The highest BCUT2D eigenvalue weighted by Gasteiger charge is 2.63. The lowest BCUT2D eigenvalue weighted by molar-refractivity contribution is -0.161. The quantitative estimate of drug-likeness (QED) is 0.668. The van der Waals surface area contributed by atoms with Gasteiger partial charge in [-0.05, 0) is 99.2 Å². The molecular weight excluding hydrogens is 360 g/mol. The SMILES string of the molecule is C[C@H](CCC(C)(C)O)[C@H]1CC[C@H]2[C@@H]3CC[C@H]4CC(=O)CC[C@]4(C)C3C(=O)C[C@]12C. The largest absolute Gasteiger partial charge is 0.390 e. The summed E-state index contributed by atoms with van der Waals surface area (Å²) in [5.41, 5.74) is -0.420. The molecule has 0 aromatic rings. The topological polar surface area (TPSA) is 54.4 Å². The summed E-state index contributed by atoms with van der Waals surface area (Å²) in [7, 11) is 0. The molecule has 8 atom stereocenters. The average molecular weight is 403 g/mol. The number of aliphatic hydroxyl groups is 1. The van der Waals surface area contributed by atoms with Crippen molar-refractivity contribution in [3.63, 3.8) is 0 Å². The summed E-state index contributed by atoms with van der Waals surface area (Å²) < 4.78 is 0. The maximum Gasteiger partial charge on any atom is 0.137 e. The van der Waals surface area contributed by atoms with Crippen molar-refractivity contribution in [3.8, 4) is 0 Å². The molecule has 0 saturated heterocycles. The Bertz CT molecular complexity index is 676. The number of rotatable bonds is 4. The van der Waals surface area contributed by atoms with Crippen molar-refractivity contribution in [2.75, 3.05) is 0 Å². The Morgan fingerprint density at radius 2 is 1.83 bits per heavy atom. The van der Waals surface area contributed by atoms with Gasteiger partial charge in [0, 0.05) is 25.2 Å². The van der Waals surface area contributed by atoms with Crippen LogP contribution >= 0.6 is 0 Å². The standard InChI is InChI=1S/C26H42O3/c1-16(10-12-24(2,3)29)20-8-9-21-19-7-6-17-14-18(27)11-13-25(17,4)23(19)22(28)15-26(20,21)5/h16-17,19-21,23,29H,6-15H2,1-5H3/t16-,17+,19+,20-,21+,23?,25+,26-/m1/s1. The molecule has 3 nitrogen and oxygen atoms in total. The summed E-state index contributed by atoms with van der Waals surface area (Å²) >= 11 is 0. The van der Waals surface area contributed by atoms with E-state index in [9.17, 15) is 14.7 Å². The summed E-state index contributed by atoms with van der Waals surface area (Å²) in [4.78, 5) is 25.8. The van der Waals surface area contributed by atoms with Gasteiger partial charge in [0.2, 0.25) is 0 Å². The molecule has 0 aliphatic heterocycles. The smallest absolute Gasteiger partial charge is 0.137 e. The Balaban J connectivity index is 1.56. The minimum absolute atomic E-state index is 0.0554. The second-order valence-electron chi connectivity index (χ2n) is 12.4. The lowest BCUT2D eigenvalue weighted by Gasteiger charge is -2.59. The minimum Gasteiger partial charge on any atom is -0.390 e. The van der Waals surface area contributed by atoms with Crippen LogP contribution in [0.25, 0.3) is 0 Å². The van der Waals surface area contributed by atoms with Crippen molar-refractivity contribution in [2.45, 2.75) is 104 Å². The molecule has 0 amide bonds. The van der Waals surface area contributed by atoms with Crippen LogP contribution in [0.3, 0.4) is 0 Å². The van der Waals surface area contributed by atoms with E-state index in [0.29, 0.717) is 54.0 Å². The fraction of sp³-hybridized carbons (Fsp3) is 0.923. The fourth-order valence-corrected chi connectivity index (χ4v) is 8.61. The van der Waals surface area contributed by atoms with Crippen LogP contribution in [0.5, 0.6) is 0 Å². The van der Waals surface area contributed by atoms with Crippen molar-refractivity contribution in [1.29, 1.82) is 0 Å². The van der Waals surface area contributed by atoms with Crippen LogP contribution in [-0.4, -0.2) is 22.3 Å². The molecule has 4 aliphatic carbocycles. The number of ketones is 2. The molecule has 0 aromatic heterocycles. The number of Topliss-reactive ketones (excluding diaryl/α,β-unsaturated/α-hetero) is 2. The van der Waals surface area contributed by atoms with E-state index < -0.39 is 5.60 Å². The van der Waals surface area contributed by atoms with Crippen LogP contribution in [-0.2, 0) is 9.59 Å². The number of fused-ring (bicyclic) bond motifs is 5. The monoisotopic (exact) mass is 402 g/mol. The first-order valence-electron chi connectivity index (χ1n) is 12.2. The molecule has 4 rings (SSSR count). The molecule has 4 fully saturated rings. The normalized spacial score (nSPS) is 46.1. The van der Waals surface area contributed by atoms with Crippen molar-refractivity contribution in [2.24, 2.45) is 46.3 Å². The zero-order valence-corrected chi connectivity index (χ0v) is 19.3. The zero-order chi connectivity index (χ0) is 21.2. The van der Waals surface area contributed by atoms with Gasteiger partial charge in [0.05, 0.1) is 5.60 Å². The van der Waals surface area contributed by atoms with E-state index in [1.165, 1.54) is 12.8 Å². The van der Waals surface area contributed by atoms with Crippen molar-refractivity contribution < 1.29 is 14.7 Å². The Kier molecular flexibility index (Phi) is 5.33. The highest BCUT2D eigenvalue weighted by molar-refractivity contribution is 5.85. The van der Waals surface area contributed by atoms with Crippen molar-refractivity contribution in [1.82, 2.24) is 0 Å². The first-order chi connectivity index (χ1) is 13.5. The highest BCUT2D eigenvalue weighted by Crippen LogP contribution is 2.67. The van der Waals surface area contributed by atoms with E-state index in [-0.39, 0.29) is 16.7 Å². The third-order valence-electron chi connectivity index (χ3n) is 10.1. The van der Waals surface area contributed by atoms with Crippen molar-refractivity contribution in [3.05, 3.63) is 0 Å². The summed E-state index contributed by atoms with van der Waals surface area (Å²) in [6.45, 7) is 10.9. The third kappa shape index (κ3) is 3.54. The minimum atomic E-state index is -0.605. The van der Waals surface area contributed by atoms with E-state index in [1.807, 2.05) is 13.8 Å². The summed E-state index contributed by atoms with van der Waals surface area (Å²) in [6.07, 6.45) is 9.74. The molecule has 4 saturated carbocycles. The average Bonchev–Trinajstić information content (AvgIpc) is 2.96. The van der Waals surface area contributed by atoms with Crippen molar-refractivity contribution >= 4 is 11.6 Å². The maximum atomic E-state index is 13.7. The number of hydrogen-bond donors (Lipinski definition) is 1. The highest BCUT2D eigenvalue weighted by atomic mass is 16.3. The van der Waals surface area contributed by atoms with Crippen LogP contribution in [0.15, 0.2) is 0 Å². The van der Waals surface area contributed by atoms with Crippen LogP contribution in [0, 0.1) is 46.3 Å². The van der Waals surface area contributed by atoms with E-state index in [0.717, 1.165) is 38.5 Å². The molecule has 3 heteroatoms. The van der Waals surface area contributed by atoms with E-state index >= 15 is 0 Å². The zero-order valence-electron chi connectivity index (χ0n) is 19.3. The first kappa shape index (κ1) is 21.5. The van der Waals surface area contributed by atoms with Gasteiger partial charge >= 0.3 is 0 Å². The van der Waals surface area contributed by atoms with Gasteiger partial charge in [-0.15, -0.1) is 0 Å². The number of hydrogen-bond acceptors (Lipinski definition) is 3. The fourth-order valence-electron chi connectivity index (χ4n) is 8.61. The Morgan fingerprint density at radius 3 is 2.52 bits per heavy atom. The van der Waals surface area contributed by atoms with Crippen LogP contribution in [0.1, 0.15) is 98.8 Å². The third-order valence-corrected chi connectivity index (χ3v) is 10.1. The van der Waals surface area contributed by atoms with Gasteiger partial charge in [0.15, 0.2) is 0 Å². The molecule has 1 unspecified atom stereocenters. The van der Waals surface area contributed by atoms with Crippen LogP contribution < -0.4 is 0 Å². The molecule has 0 spiro atoms. The molecule has 0 radical (unpaired) electrons. The summed E-state index contributed by atoms with van der Waals surface area (Å²) in [5, 5.41) is 10.2. The lowest BCUT2D eigenvalue weighted by atomic mass is 9.44. The number of carbonyl (C=O) groups is 2. The predicted molar refractivity (Wildman–Crippen MR) is 115 cm³/mol. The molecule has 29 heavy (non-hydrogen) atoms. The predicted octanol–water partition coefficient (Wildman–Crippen LogP) is 5.58. The van der Waals surface area contributed by atoms with Crippen LogP contribution in [0.2, 0.25) is 0 Å². The molecule has 4 aliphatic rings. The van der Waals surface area contributed by atoms with Gasteiger partial charge in [-0.25, -0.2) is 0 Å². The molecule has 0 bridgehead atoms. The first-order valence-corrected chi connectivity index (χ1v) is 12.2. The van der Waals surface area contributed by atoms with E-state index in [2.05, 4.69) is 20.8 Å². The van der Waals surface area contributed by atoms with Gasteiger partial charge in [-0.1, -0.05) is 20.8 Å². The second-order valence-corrected chi connectivity index (χ2v) is 12.4. The molecule has 1 N–H and O–H groups in total. The molecule has 164 valence electrons. The Hall–Kier alpha value is -0.700. The second kappa shape index (κ2) is 7.18. The van der Waals surface area contributed by atoms with Crippen LogP contribution in [0.4, 0.5) is 0 Å². The van der Waals surface area contributed by atoms with Gasteiger partial charge in [-0.2, -0.15) is 0 Å². The molecule has 0 aromatic carbocycles. The van der Waals surface area contributed by atoms with Gasteiger partial charge in [0.25, 0.3) is 0 Å². The Morgan fingerprint density at radius 1 is 1.10 bits per heavy atom. The van der Waals surface area contributed by atoms with Gasteiger partial charge < -0.3 is 5.11 Å². The van der Waals surface area contributed by atoms with E-state index in [4.69, 9.17) is 0 Å². The van der Waals surface area contributed by atoms with Gasteiger partial charge in [-0.3, -0.25) is 9.59 Å². The maximum absolute atomic E-state index is 13.7.